The van der Waals surface area contributed by atoms with E-state index in [-0.39, 0.29) is 0 Å². The molecule has 98 valence electrons. The topological polar surface area (TPSA) is 78.4 Å². The van der Waals surface area contributed by atoms with Gasteiger partial charge in [0.2, 0.25) is 0 Å². The number of halogens is 1. The third-order valence-corrected chi connectivity index (χ3v) is 3.39. The Bertz CT molecular complexity index is 421. The van der Waals surface area contributed by atoms with Crippen LogP contribution < -0.4 is 5.32 Å². The maximum atomic E-state index is 10.8. The summed E-state index contributed by atoms with van der Waals surface area (Å²) in [5, 5.41) is 12.5. The first-order valence-corrected chi connectivity index (χ1v) is 6.22. The summed E-state index contributed by atoms with van der Waals surface area (Å²) in [6.45, 7) is 1.95. The number of likely N-dealkylation sites (tertiary alicyclic amines) is 1. The Morgan fingerprint density at radius 2 is 2.28 bits per heavy atom. The third kappa shape index (κ3) is 3.22. The molecule has 0 atom stereocenters. The first kappa shape index (κ1) is 12.9. The van der Waals surface area contributed by atoms with E-state index < -0.39 is 6.09 Å². The lowest BCUT2D eigenvalue weighted by atomic mass is 9.97. The second-order valence-corrected chi connectivity index (χ2v) is 4.72. The highest BCUT2D eigenvalue weighted by atomic mass is 35.5. The molecule has 0 unspecified atom stereocenters. The van der Waals surface area contributed by atoms with E-state index in [0.717, 1.165) is 19.4 Å². The predicted molar refractivity (Wildman–Crippen MR) is 67.9 cm³/mol. The molecular formula is C11H15ClN4O2. The maximum Gasteiger partial charge on any atom is 0.407 e. The molecule has 2 rings (SSSR count). The summed E-state index contributed by atoms with van der Waals surface area (Å²) >= 11 is 5.93. The van der Waals surface area contributed by atoms with Crippen LogP contribution in [-0.2, 0) is 0 Å². The van der Waals surface area contributed by atoms with Gasteiger partial charge >= 0.3 is 6.09 Å². The van der Waals surface area contributed by atoms with Crippen LogP contribution in [0.15, 0.2) is 12.5 Å². The number of carboxylic acid groups (broad SMARTS) is 1. The van der Waals surface area contributed by atoms with E-state index in [9.17, 15) is 4.79 Å². The monoisotopic (exact) mass is 270 g/mol. The van der Waals surface area contributed by atoms with E-state index in [4.69, 9.17) is 16.7 Å². The van der Waals surface area contributed by atoms with Gasteiger partial charge in [0.15, 0.2) is 0 Å². The van der Waals surface area contributed by atoms with Crippen molar-refractivity contribution in [2.75, 3.05) is 25.0 Å². The molecule has 1 aliphatic heterocycles. The summed E-state index contributed by atoms with van der Waals surface area (Å²) in [4.78, 5) is 20.1. The molecule has 0 radical (unpaired) electrons. The van der Waals surface area contributed by atoms with Gasteiger partial charge in [-0.25, -0.2) is 14.8 Å². The molecular weight excluding hydrogens is 256 g/mol. The van der Waals surface area contributed by atoms with Crippen LogP contribution in [0.1, 0.15) is 12.8 Å². The second-order valence-electron chi connectivity index (χ2n) is 4.31. The number of rotatable bonds is 3. The molecule has 0 aromatic carbocycles. The van der Waals surface area contributed by atoms with Crippen LogP contribution in [0.4, 0.5) is 10.6 Å². The molecule has 7 heteroatoms. The number of nitrogens with zero attached hydrogens (tertiary/aromatic N) is 3. The maximum absolute atomic E-state index is 10.8. The molecule has 18 heavy (non-hydrogen) atoms. The van der Waals surface area contributed by atoms with Crippen LogP contribution in [0.5, 0.6) is 0 Å². The van der Waals surface area contributed by atoms with Crippen LogP contribution in [0.25, 0.3) is 0 Å². The average molecular weight is 271 g/mol. The van der Waals surface area contributed by atoms with Crippen molar-refractivity contribution in [3.05, 3.63) is 17.5 Å². The van der Waals surface area contributed by atoms with Crippen molar-refractivity contribution in [3.8, 4) is 0 Å². The fourth-order valence-electron chi connectivity index (χ4n) is 2.01. The number of aromatic nitrogens is 2. The van der Waals surface area contributed by atoms with Gasteiger partial charge in [0.05, 0.1) is 6.20 Å². The van der Waals surface area contributed by atoms with Crippen molar-refractivity contribution < 1.29 is 9.90 Å². The van der Waals surface area contributed by atoms with Crippen LogP contribution in [0, 0.1) is 5.92 Å². The quantitative estimate of drug-likeness (QED) is 0.877. The minimum Gasteiger partial charge on any atom is -0.465 e. The van der Waals surface area contributed by atoms with Gasteiger partial charge in [-0.1, -0.05) is 11.6 Å². The Labute approximate surface area is 110 Å². The van der Waals surface area contributed by atoms with Crippen molar-refractivity contribution >= 4 is 23.5 Å². The number of carbonyl (C=O) groups is 1. The molecule has 0 spiro atoms. The highest BCUT2D eigenvalue weighted by Gasteiger charge is 2.22. The molecule has 1 aliphatic rings. The lowest BCUT2D eigenvalue weighted by molar-refractivity contribution is 0.126. The highest BCUT2D eigenvalue weighted by Crippen LogP contribution is 2.20. The van der Waals surface area contributed by atoms with Gasteiger partial charge < -0.3 is 15.3 Å². The third-order valence-electron chi connectivity index (χ3n) is 3.11. The largest absolute Gasteiger partial charge is 0.465 e. The Morgan fingerprint density at radius 1 is 1.56 bits per heavy atom. The molecule has 0 bridgehead atoms. The van der Waals surface area contributed by atoms with Crippen molar-refractivity contribution in [3.63, 3.8) is 0 Å². The molecule has 2 heterocycles. The molecule has 1 saturated heterocycles. The zero-order valence-electron chi connectivity index (χ0n) is 9.84. The van der Waals surface area contributed by atoms with Crippen molar-refractivity contribution in [1.29, 1.82) is 0 Å². The summed E-state index contributed by atoms with van der Waals surface area (Å²) in [6.07, 6.45) is 3.88. The number of nitrogens with one attached hydrogen (secondary N) is 1. The fourth-order valence-corrected chi connectivity index (χ4v) is 2.18. The summed E-state index contributed by atoms with van der Waals surface area (Å²) in [5.74, 6) is 1.08. The van der Waals surface area contributed by atoms with Gasteiger partial charge in [-0.05, 0) is 18.8 Å². The average Bonchev–Trinajstić information content (AvgIpc) is 2.38. The number of hydrogen-bond acceptors (Lipinski definition) is 4. The van der Waals surface area contributed by atoms with Gasteiger partial charge in [-0.3, -0.25) is 0 Å². The molecule has 6 nitrogen and oxygen atoms in total. The number of hydrogen-bond donors (Lipinski definition) is 2. The fraction of sp³-hybridized carbons (Fsp3) is 0.545. The van der Waals surface area contributed by atoms with Gasteiger partial charge in [0.1, 0.15) is 17.2 Å². The zero-order chi connectivity index (χ0) is 13.0. The SMILES string of the molecule is O=C(O)N1CCC(CNc2ncncc2Cl)CC1. The summed E-state index contributed by atoms with van der Waals surface area (Å²) < 4.78 is 0. The van der Waals surface area contributed by atoms with Crippen LogP contribution in [-0.4, -0.2) is 45.7 Å². The highest BCUT2D eigenvalue weighted by molar-refractivity contribution is 6.32. The standard InChI is InChI=1S/C11H15ClN4O2/c12-9-6-13-7-15-10(9)14-5-8-1-3-16(4-2-8)11(17)18/h6-8H,1-5H2,(H,17,18)(H,13,14,15). The Balaban J connectivity index is 1.79. The van der Waals surface area contributed by atoms with E-state index in [1.807, 2.05) is 0 Å². The second kappa shape index (κ2) is 5.86. The zero-order valence-corrected chi connectivity index (χ0v) is 10.6. The van der Waals surface area contributed by atoms with E-state index in [1.165, 1.54) is 11.2 Å². The van der Waals surface area contributed by atoms with Crippen LogP contribution in [0.3, 0.4) is 0 Å². The number of amides is 1. The minimum absolute atomic E-state index is 0.451. The lowest BCUT2D eigenvalue weighted by Gasteiger charge is -2.30. The summed E-state index contributed by atoms with van der Waals surface area (Å²) in [6, 6.07) is 0. The van der Waals surface area contributed by atoms with Crippen LogP contribution >= 0.6 is 11.6 Å². The summed E-state index contributed by atoms with van der Waals surface area (Å²) in [5.41, 5.74) is 0. The molecule has 0 aliphatic carbocycles. The minimum atomic E-state index is -0.833. The molecule has 0 saturated carbocycles. The van der Waals surface area contributed by atoms with Crippen molar-refractivity contribution in [1.82, 2.24) is 14.9 Å². The summed E-state index contributed by atoms with van der Waals surface area (Å²) in [7, 11) is 0. The molecule has 1 amide bonds. The number of anilines is 1. The van der Waals surface area contributed by atoms with Crippen molar-refractivity contribution in [2.24, 2.45) is 5.92 Å². The lowest BCUT2D eigenvalue weighted by Crippen LogP contribution is -2.39. The first-order chi connectivity index (χ1) is 8.66. The van der Waals surface area contributed by atoms with E-state index in [1.54, 1.807) is 6.20 Å². The van der Waals surface area contributed by atoms with E-state index >= 15 is 0 Å². The Kier molecular flexibility index (Phi) is 4.19. The molecule has 2 N–H and O–H groups in total. The van der Waals surface area contributed by atoms with Gasteiger partial charge in [0.25, 0.3) is 0 Å². The van der Waals surface area contributed by atoms with Crippen molar-refractivity contribution in [2.45, 2.75) is 12.8 Å². The number of piperidine rings is 1. The van der Waals surface area contributed by atoms with Gasteiger partial charge in [0, 0.05) is 19.6 Å². The molecule has 1 aromatic rings. The Morgan fingerprint density at radius 3 is 2.89 bits per heavy atom. The van der Waals surface area contributed by atoms with Gasteiger partial charge in [-0.2, -0.15) is 0 Å². The first-order valence-electron chi connectivity index (χ1n) is 5.84. The van der Waals surface area contributed by atoms with Crippen LogP contribution in [0.2, 0.25) is 5.02 Å². The molecule has 1 fully saturated rings. The molecule has 1 aromatic heterocycles. The predicted octanol–water partition coefficient (Wildman–Crippen LogP) is 1.93. The van der Waals surface area contributed by atoms with E-state index in [0.29, 0.717) is 29.8 Å². The van der Waals surface area contributed by atoms with Gasteiger partial charge in [-0.15, -0.1) is 0 Å². The van der Waals surface area contributed by atoms with E-state index in [2.05, 4.69) is 15.3 Å². The smallest absolute Gasteiger partial charge is 0.407 e. The Hall–Kier alpha value is -1.56. The normalized spacial score (nSPS) is 16.6.